The Morgan fingerprint density at radius 1 is 1.09 bits per heavy atom. The summed E-state index contributed by atoms with van der Waals surface area (Å²) >= 11 is 0. The molecule has 34 heavy (non-hydrogen) atoms. The lowest BCUT2D eigenvalue weighted by atomic mass is 9.98. The van der Waals surface area contributed by atoms with Gasteiger partial charge < -0.3 is 30.7 Å². The molecule has 0 saturated heterocycles. The van der Waals surface area contributed by atoms with Crippen molar-refractivity contribution in [3.8, 4) is 11.1 Å². The number of methoxy groups -OCH3 is 1. The van der Waals surface area contributed by atoms with Crippen LogP contribution in [-0.2, 0) is 9.47 Å². The van der Waals surface area contributed by atoms with Gasteiger partial charge in [-0.15, -0.1) is 0 Å². The predicted molar refractivity (Wildman–Crippen MR) is 124 cm³/mol. The van der Waals surface area contributed by atoms with Crippen LogP contribution in [0.3, 0.4) is 0 Å². The molecule has 9 heteroatoms. The molecule has 0 bridgehead atoms. The van der Waals surface area contributed by atoms with Crippen LogP contribution >= 0.6 is 0 Å². The fourth-order valence-corrected chi connectivity index (χ4v) is 4.10. The molecule has 2 unspecified atom stereocenters. The largest absolute Gasteiger partial charge is 0.465 e. The maximum Gasteiger partial charge on any atom is 0.407 e. The number of alkyl carbamates (subject to hydrolysis) is 1. The summed E-state index contributed by atoms with van der Waals surface area (Å²) in [6.45, 7) is -0.154. The molecule has 1 heterocycles. The second kappa shape index (κ2) is 9.90. The van der Waals surface area contributed by atoms with E-state index in [1.807, 2.05) is 48.5 Å². The topological polar surface area (TPSA) is 144 Å². The molecular weight excluding hydrogens is 438 g/mol. The Kier molecular flexibility index (Phi) is 6.76. The van der Waals surface area contributed by atoms with Gasteiger partial charge >= 0.3 is 12.1 Å². The van der Waals surface area contributed by atoms with Gasteiger partial charge in [-0.3, -0.25) is 0 Å². The third-order valence-corrected chi connectivity index (χ3v) is 5.85. The van der Waals surface area contributed by atoms with Crippen molar-refractivity contribution in [2.45, 2.75) is 18.1 Å². The van der Waals surface area contributed by atoms with Gasteiger partial charge in [0.1, 0.15) is 30.2 Å². The number of esters is 1. The lowest BCUT2D eigenvalue weighted by Crippen LogP contribution is -2.36. The Hall–Kier alpha value is -3.95. The number of nitrogens with one attached hydrogen (secondary N) is 1. The highest BCUT2D eigenvalue weighted by atomic mass is 16.5. The van der Waals surface area contributed by atoms with E-state index >= 15 is 0 Å². The van der Waals surface area contributed by atoms with Crippen LogP contribution in [0.5, 0.6) is 0 Å². The van der Waals surface area contributed by atoms with Gasteiger partial charge in [-0.2, -0.15) is 0 Å². The van der Waals surface area contributed by atoms with E-state index in [9.17, 15) is 19.8 Å². The average Bonchev–Trinajstić information content (AvgIpc) is 3.19. The minimum Gasteiger partial charge on any atom is -0.465 e. The van der Waals surface area contributed by atoms with Crippen molar-refractivity contribution >= 4 is 17.9 Å². The van der Waals surface area contributed by atoms with E-state index in [1.54, 1.807) is 0 Å². The standard InChI is InChI=1S/C25H25N3O6/c1-33-24(31)19-10-14(11-27-23(19)26)22(30)21(29)12-28-25(32)34-13-20-17-8-4-2-6-15(17)16-7-3-5-9-18(16)20/h2-11,20-22,29-30H,12-13H2,1H3,(H2,26,27)(H,28,32). The van der Waals surface area contributed by atoms with Crippen LogP contribution in [0.15, 0.2) is 60.8 Å². The molecule has 5 N–H and O–H groups in total. The summed E-state index contributed by atoms with van der Waals surface area (Å²) in [5.41, 5.74) is 10.2. The highest BCUT2D eigenvalue weighted by Gasteiger charge is 2.29. The number of benzene rings is 2. The minimum absolute atomic E-state index is 0.0317. The van der Waals surface area contributed by atoms with E-state index in [0.717, 1.165) is 22.3 Å². The molecule has 0 radical (unpaired) electrons. The first-order valence-corrected chi connectivity index (χ1v) is 10.7. The molecule has 2 aromatic carbocycles. The zero-order chi connectivity index (χ0) is 24.2. The normalized spacial score (nSPS) is 14.0. The number of nitrogens with zero attached hydrogens (tertiary/aromatic N) is 1. The number of hydrogen-bond donors (Lipinski definition) is 4. The Bertz CT molecular complexity index is 1170. The Labute approximate surface area is 196 Å². The van der Waals surface area contributed by atoms with Crippen LogP contribution in [-0.4, -0.2) is 53.6 Å². The molecule has 2 atom stereocenters. The number of nitrogen functional groups attached to an aromatic ring is 1. The number of aliphatic hydroxyl groups excluding tert-OH is 2. The highest BCUT2D eigenvalue weighted by Crippen LogP contribution is 2.44. The van der Waals surface area contributed by atoms with Gasteiger partial charge in [-0.1, -0.05) is 48.5 Å². The number of fused-ring (bicyclic) bond motifs is 3. The molecule has 0 aliphatic heterocycles. The first-order chi connectivity index (χ1) is 16.4. The first kappa shape index (κ1) is 23.2. The Balaban J connectivity index is 1.35. The summed E-state index contributed by atoms with van der Waals surface area (Å²) in [5.74, 6) is -0.870. The SMILES string of the molecule is COC(=O)c1cc(C(O)C(O)CNC(=O)OCC2c3ccccc3-c3ccccc32)cnc1N. The third-order valence-electron chi connectivity index (χ3n) is 5.85. The number of aromatic nitrogens is 1. The lowest BCUT2D eigenvalue weighted by molar-refractivity contribution is 0.0183. The van der Waals surface area contributed by atoms with Gasteiger partial charge in [0.25, 0.3) is 0 Å². The lowest BCUT2D eigenvalue weighted by Gasteiger charge is -2.20. The number of anilines is 1. The molecule has 0 spiro atoms. The van der Waals surface area contributed by atoms with Crippen molar-refractivity contribution in [1.29, 1.82) is 0 Å². The number of pyridine rings is 1. The van der Waals surface area contributed by atoms with E-state index in [1.165, 1.54) is 19.4 Å². The number of carbonyl (C=O) groups excluding carboxylic acids is 2. The number of carbonyl (C=O) groups is 2. The van der Waals surface area contributed by atoms with Gasteiger partial charge in [0, 0.05) is 24.2 Å². The molecule has 9 nitrogen and oxygen atoms in total. The Morgan fingerprint density at radius 3 is 2.32 bits per heavy atom. The van der Waals surface area contributed by atoms with Crippen LogP contribution in [0.4, 0.5) is 10.6 Å². The summed E-state index contributed by atoms with van der Waals surface area (Å²) in [5, 5.41) is 23.2. The van der Waals surface area contributed by atoms with E-state index < -0.39 is 24.3 Å². The van der Waals surface area contributed by atoms with E-state index in [-0.39, 0.29) is 36.0 Å². The molecule has 1 amide bonds. The maximum absolute atomic E-state index is 12.3. The molecule has 1 aliphatic carbocycles. The monoisotopic (exact) mass is 463 g/mol. The molecular formula is C25H25N3O6. The van der Waals surface area contributed by atoms with E-state index in [0.29, 0.717) is 0 Å². The van der Waals surface area contributed by atoms with Crippen LogP contribution in [0, 0.1) is 0 Å². The van der Waals surface area contributed by atoms with Gasteiger partial charge in [0.05, 0.1) is 7.11 Å². The number of nitrogens with two attached hydrogens (primary N) is 1. The average molecular weight is 463 g/mol. The van der Waals surface area contributed by atoms with Crippen molar-refractivity contribution in [2.24, 2.45) is 0 Å². The summed E-state index contributed by atoms with van der Waals surface area (Å²) in [4.78, 5) is 27.9. The summed E-state index contributed by atoms with van der Waals surface area (Å²) in [7, 11) is 1.19. The summed E-state index contributed by atoms with van der Waals surface area (Å²) in [6.07, 6.45) is -2.29. The zero-order valence-electron chi connectivity index (χ0n) is 18.5. The van der Waals surface area contributed by atoms with Crippen molar-refractivity contribution in [3.63, 3.8) is 0 Å². The van der Waals surface area contributed by atoms with Crippen LogP contribution < -0.4 is 11.1 Å². The van der Waals surface area contributed by atoms with Crippen molar-refractivity contribution < 1.29 is 29.3 Å². The number of rotatable bonds is 7. The van der Waals surface area contributed by atoms with Gasteiger partial charge in [-0.25, -0.2) is 14.6 Å². The number of ether oxygens (including phenoxy) is 2. The number of amides is 1. The number of hydrogen-bond acceptors (Lipinski definition) is 8. The van der Waals surface area contributed by atoms with Crippen LogP contribution in [0.1, 0.15) is 39.1 Å². The first-order valence-electron chi connectivity index (χ1n) is 10.7. The molecule has 4 rings (SSSR count). The van der Waals surface area contributed by atoms with Gasteiger partial charge in [-0.05, 0) is 28.3 Å². The summed E-state index contributed by atoms with van der Waals surface area (Å²) in [6, 6.07) is 17.3. The second-order valence-corrected chi connectivity index (χ2v) is 7.91. The molecule has 176 valence electrons. The maximum atomic E-state index is 12.3. The minimum atomic E-state index is -1.43. The predicted octanol–water partition coefficient (Wildman–Crippen LogP) is 2.38. The molecule has 3 aromatic rings. The summed E-state index contributed by atoms with van der Waals surface area (Å²) < 4.78 is 10.1. The van der Waals surface area contributed by atoms with Crippen molar-refractivity contribution in [2.75, 3.05) is 26.0 Å². The van der Waals surface area contributed by atoms with E-state index in [4.69, 9.17) is 10.5 Å². The van der Waals surface area contributed by atoms with Crippen LogP contribution in [0.2, 0.25) is 0 Å². The Morgan fingerprint density at radius 2 is 1.71 bits per heavy atom. The van der Waals surface area contributed by atoms with E-state index in [2.05, 4.69) is 15.0 Å². The fourth-order valence-electron chi connectivity index (χ4n) is 4.10. The van der Waals surface area contributed by atoms with Gasteiger partial charge in [0.2, 0.25) is 0 Å². The van der Waals surface area contributed by atoms with Gasteiger partial charge in [0.15, 0.2) is 0 Å². The second-order valence-electron chi connectivity index (χ2n) is 7.91. The molecule has 0 saturated carbocycles. The highest BCUT2D eigenvalue weighted by molar-refractivity contribution is 5.94. The molecule has 1 aliphatic rings. The smallest absolute Gasteiger partial charge is 0.407 e. The quantitative estimate of drug-likeness (QED) is 0.391. The molecule has 0 fully saturated rings. The fraction of sp³-hybridized carbons (Fsp3) is 0.240. The zero-order valence-corrected chi connectivity index (χ0v) is 18.5. The van der Waals surface area contributed by atoms with Crippen LogP contribution in [0.25, 0.3) is 11.1 Å². The number of aliphatic hydroxyl groups is 2. The third kappa shape index (κ3) is 4.57. The van der Waals surface area contributed by atoms with Crippen molar-refractivity contribution in [3.05, 3.63) is 83.0 Å². The van der Waals surface area contributed by atoms with Crippen molar-refractivity contribution in [1.82, 2.24) is 10.3 Å². The molecule has 1 aromatic heterocycles.